The van der Waals surface area contributed by atoms with Crippen molar-refractivity contribution >= 4 is 34.7 Å². The highest BCUT2D eigenvalue weighted by Crippen LogP contribution is 2.27. The van der Waals surface area contributed by atoms with Gasteiger partial charge in [0.05, 0.1) is 18.2 Å². The van der Waals surface area contributed by atoms with Gasteiger partial charge in [-0.25, -0.2) is 4.98 Å². The number of fused-ring (bicyclic) bond motifs is 1. The molecule has 1 aromatic carbocycles. The van der Waals surface area contributed by atoms with Crippen molar-refractivity contribution in [2.24, 2.45) is 0 Å². The van der Waals surface area contributed by atoms with E-state index in [4.69, 9.17) is 9.47 Å². The maximum absolute atomic E-state index is 13.0. The molecule has 1 aliphatic rings. The zero-order valence-corrected chi connectivity index (χ0v) is 18.2. The molecule has 0 spiro atoms. The van der Waals surface area contributed by atoms with Crippen molar-refractivity contribution in [1.29, 1.82) is 0 Å². The van der Waals surface area contributed by atoms with Crippen LogP contribution < -0.4 is 15.4 Å². The standard InChI is InChI=1S/C21H26N4O6/c1-11-22-18-13(19(28)23-14-6-7-16(26)24-20(14)29)8-12(30-5)9-15(18)25(11)10-17(27)31-21(2,3)4/h8-9,14H,6-7,10H2,1-5H3,(H,23,28)(H,24,26,29). The Balaban J connectivity index is 1.95. The zero-order chi connectivity index (χ0) is 22.9. The Morgan fingerprint density at radius 1 is 1.29 bits per heavy atom. The van der Waals surface area contributed by atoms with Gasteiger partial charge >= 0.3 is 5.97 Å². The van der Waals surface area contributed by atoms with Crippen molar-refractivity contribution in [2.45, 2.75) is 58.7 Å². The highest BCUT2D eigenvalue weighted by Gasteiger charge is 2.29. The lowest BCUT2D eigenvalue weighted by atomic mass is 10.0. The third-order valence-electron chi connectivity index (χ3n) is 4.75. The van der Waals surface area contributed by atoms with E-state index in [2.05, 4.69) is 15.6 Å². The number of rotatable bonds is 5. The Kier molecular flexibility index (Phi) is 6.01. The van der Waals surface area contributed by atoms with Crippen LogP contribution in [0.25, 0.3) is 11.0 Å². The molecule has 1 fully saturated rings. The van der Waals surface area contributed by atoms with Crippen LogP contribution in [0.1, 0.15) is 49.8 Å². The van der Waals surface area contributed by atoms with Crippen molar-refractivity contribution in [3.8, 4) is 5.75 Å². The Morgan fingerprint density at radius 3 is 2.61 bits per heavy atom. The van der Waals surface area contributed by atoms with Crippen LogP contribution in [0.15, 0.2) is 12.1 Å². The summed E-state index contributed by atoms with van der Waals surface area (Å²) in [6.45, 7) is 6.98. The number of ether oxygens (including phenoxy) is 2. The van der Waals surface area contributed by atoms with Gasteiger partial charge in [0.15, 0.2) is 0 Å². The lowest BCUT2D eigenvalue weighted by Gasteiger charge is -2.22. The fourth-order valence-electron chi connectivity index (χ4n) is 3.37. The number of hydrogen-bond donors (Lipinski definition) is 2. The number of carbonyl (C=O) groups excluding carboxylic acids is 4. The lowest BCUT2D eigenvalue weighted by molar-refractivity contribution is -0.155. The Bertz CT molecular complexity index is 1070. The second kappa shape index (κ2) is 8.37. The molecule has 0 saturated carbocycles. The van der Waals surface area contributed by atoms with Crippen molar-refractivity contribution in [3.05, 3.63) is 23.5 Å². The van der Waals surface area contributed by atoms with Crippen molar-refractivity contribution in [3.63, 3.8) is 0 Å². The smallest absolute Gasteiger partial charge is 0.326 e. The molecule has 10 heteroatoms. The average molecular weight is 430 g/mol. The Morgan fingerprint density at radius 2 is 2.00 bits per heavy atom. The number of carbonyl (C=O) groups is 4. The van der Waals surface area contributed by atoms with E-state index in [1.807, 2.05) is 0 Å². The number of hydrogen-bond acceptors (Lipinski definition) is 7. The second-order valence-electron chi connectivity index (χ2n) is 8.35. The molecular formula is C21H26N4O6. The summed E-state index contributed by atoms with van der Waals surface area (Å²) in [5.74, 6) is -0.964. The topological polar surface area (TPSA) is 129 Å². The summed E-state index contributed by atoms with van der Waals surface area (Å²) >= 11 is 0. The predicted octanol–water partition coefficient (Wildman–Crippen LogP) is 1.23. The molecule has 1 atom stereocenters. The molecule has 2 aromatic rings. The lowest BCUT2D eigenvalue weighted by Crippen LogP contribution is -2.52. The number of imide groups is 1. The van der Waals surface area contributed by atoms with E-state index in [1.165, 1.54) is 13.2 Å². The van der Waals surface area contributed by atoms with Crippen LogP contribution in [0.3, 0.4) is 0 Å². The molecule has 0 radical (unpaired) electrons. The number of esters is 1. The predicted molar refractivity (Wildman–Crippen MR) is 111 cm³/mol. The quantitative estimate of drug-likeness (QED) is 0.539. The first-order valence-electron chi connectivity index (χ1n) is 9.90. The number of nitrogens with one attached hydrogen (secondary N) is 2. The van der Waals surface area contributed by atoms with Crippen LogP contribution >= 0.6 is 0 Å². The number of nitrogens with zero attached hydrogens (tertiary/aromatic N) is 2. The molecule has 3 rings (SSSR count). The SMILES string of the molecule is COc1cc(C(=O)NC2CCC(=O)NC2=O)c2nc(C)n(CC(=O)OC(C)(C)C)c2c1. The molecule has 2 heterocycles. The first-order chi connectivity index (χ1) is 14.5. The number of piperidine rings is 1. The molecule has 1 aromatic heterocycles. The summed E-state index contributed by atoms with van der Waals surface area (Å²) in [7, 11) is 1.46. The third kappa shape index (κ3) is 5.01. The Labute approximate surface area is 179 Å². The molecule has 0 aliphatic carbocycles. The highest BCUT2D eigenvalue weighted by molar-refractivity contribution is 6.08. The second-order valence-corrected chi connectivity index (χ2v) is 8.35. The summed E-state index contributed by atoms with van der Waals surface area (Å²) in [5.41, 5.74) is 0.458. The van der Waals surface area contributed by atoms with Crippen LogP contribution in [0, 0.1) is 6.92 Å². The maximum atomic E-state index is 13.0. The number of aromatic nitrogens is 2. The van der Waals surface area contributed by atoms with E-state index < -0.39 is 29.4 Å². The first kappa shape index (κ1) is 22.3. The van der Waals surface area contributed by atoms with Crippen LogP contribution in [0.4, 0.5) is 0 Å². The van der Waals surface area contributed by atoms with E-state index in [0.717, 1.165) is 0 Å². The van der Waals surface area contributed by atoms with Gasteiger partial charge in [-0.3, -0.25) is 24.5 Å². The van der Waals surface area contributed by atoms with Gasteiger partial charge in [-0.2, -0.15) is 0 Å². The van der Waals surface area contributed by atoms with Gasteiger partial charge in [-0.05, 0) is 40.2 Å². The minimum Gasteiger partial charge on any atom is -0.497 e. The van der Waals surface area contributed by atoms with Gasteiger partial charge in [-0.1, -0.05) is 0 Å². The summed E-state index contributed by atoms with van der Waals surface area (Å²) in [5, 5.41) is 4.86. The van der Waals surface area contributed by atoms with E-state index >= 15 is 0 Å². The van der Waals surface area contributed by atoms with Gasteiger partial charge in [-0.15, -0.1) is 0 Å². The average Bonchev–Trinajstić information content (AvgIpc) is 2.97. The van der Waals surface area contributed by atoms with Crippen molar-refractivity contribution in [2.75, 3.05) is 7.11 Å². The molecule has 10 nitrogen and oxygen atoms in total. The zero-order valence-electron chi connectivity index (χ0n) is 18.2. The van der Waals surface area contributed by atoms with Gasteiger partial charge in [0, 0.05) is 12.5 Å². The largest absolute Gasteiger partial charge is 0.497 e. The minimum absolute atomic E-state index is 0.0824. The van der Waals surface area contributed by atoms with Crippen LogP contribution in [-0.2, 0) is 25.7 Å². The molecule has 1 aliphatic heterocycles. The molecule has 1 unspecified atom stereocenters. The van der Waals surface area contributed by atoms with Gasteiger partial charge < -0.3 is 19.4 Å². The monoisotopic (exact) mass is 430 g/mol. The maximum Gasteiger partial charge on any atom is 0.326 e. The number of methoxy groups -OCH3 is 1. The summed E-state index contributed by atoms with van der Waals surface area (Å²) < 4.78 is 12.4. The van der Waals surface area contributed by atoms with Crippen LogP contribution in [0.2, 0.25) is 0 Å². The molecule has 31 heavy (non-hydrogen) atoms. The highest BCUT2D eigenvalue weighted by atomic mass is 16.6. The van der Waals surface area contributed by atoms with Crippen molar-refractivity contribution < 1.29 is 28.7 Å². The van der Waals surface area contributed by atoms with Crippen molar-refractivity contribution in [1.82, 2.24) is 20.2 Å². The normalized spacial score (nSPS) is 16.7. The van der Waals surface area contributed by atoms with E-state index in [-0.39, 0.29) is 30.9 Å². The molecule has 2 N–H and O–H groups in total. The number of imidazole rings is 1. The number of aryl methyl sites for hydroxylation is 1. The van der Waals surface area contributed by atoms with E-state index in [9.17, 15) is 19.2 Å². The summed E-state index contributed by atoms with van der Waals surface area (Å²) in [6, 6.07) is 2.38. The van der Waals surface area contributed by atoms with Gasteiger partial charge in [0.25, 0.3) is 5.91 Å². The molecule has 0 bridgehead atoms. The molecule has 3 amide bonds. The fourth-order valence-corrected chi connectivity index (χ4v) is 3.37. The molecule has 166 valence electrons. The van der Waals surface area contributed by atoms with Gasteiger partial charge in [0.1, 0.15) is 35.3 Å². The molecular weight excluding hydrogens is 404 g/mol. The summed E-state index contributed by atoms with van der Waals surface area (Å²) in [4.78, 5) is 53.2. The number of benzene rings is 1. The van der Waals surface area contributed by atoms with E-state index in [1.54, 1.807) is 38.3 Å². The van der Waals surface area contributed by atoms with Crippen LogP contribution in [-0.4, -0.2) is 52.0 Å². The molecule has 1 saturated heterocycles. The summed E-state index contributed by atoms with van der Waals surface area (Å²) in [6.07, 6.45) is 0.365. The van der Waals surface area contributed by atoms with E-state index in [0.29, 0.717) is 22.6 Å². The minimum atomic E-state index is -0.823. The third-order valence-corrected chi connectivity index (χ3v) is 4.75. The fraction of sp³-hybridized carbons (Fsp3) is 0.476. The Hall–Kier alpha value is -3.43. The van der Waals surface area contributed by atoms with Gasteiger partial charge in [0.2, 0.25) is 11.8 Å². The number of amides is 3. The first-order valence-corrected chi connectivity index (χ1v) is 9.90. The van der Waals surface area contributed by atoms with Crippen LogP contribution in [0.5, 0.6) is 5.75 Å².